The molecule has 4 nitrogen and oxygen atoms in total. The van der Waals surface area contributed by atoms with Crippen LogP contribution in [0.5, 0.6) is 0 Å². The van der Waals surface area contributed by atoms with E-state index in [1.54, 1.807) is 18.2 Å². The lowest BCUT2D eigenvalue weighted by Gasteiger charge is -1.97. The Morgan fingerprint density at radius 2 is 2.20 bits per heavy atom. The second kappa shape index (κ2) is 3.66. The Hall–Kier alpha value is -1.36. The van der Waals surface area contributed by atoms with E-state index in [9.17, 15) is 4.21 Å². The summed E-state index contributed by atoms with van der Waals surface area (Å²) in [5.74, 6) is 0. The van der Waals surface area contributed by atoms with Crippen LogP contribution in [0.2, 0.25) is 0 Å². The van der Waals surface area contributed by atoms with Crippen molar-refractivity contribution >= 4 is 27.6 Å². The summed E-state index contributed by atoms with van der Waals surface area (Å²) in [5, 5.41) is 0.265. The largest absolute Gasteiger partial charge is 0.430 e. The average Bonchev–Trinajstić information content (AvgIpc) is 2.58. The number of nitrogens with zero attached hydrogens (tertiary/aromatic N) is 1. The van der Waals surface area contributed by atoms with E-state index < -0.39 is 10.8 Å². The molecule has 0 amide bonds. The van der Waals surface area contributed by atoms with Crippen LogP contribution in [0.25, 0.3) is 11.1 Å². The summed E-state index contributed by atoms with van der Waals surface area (Å²) in [6.07, 6.45) is 0. The summed E-state index contributed by atoms with van der Waals surface area (Å²) >= 11 is 0. The molecule has 0 spiro atoms. The first-order chi connectivity index (χ1) is 7.08. The monoisotopic (exact) mass is 224 g/mol. The Balaban J connectivity index is 2.52. The molecule has 0 saturated heterocycles. The number of nitrogens with two attached hydrogens (primary N) is 1. The van der Waals surface area contributed by atoms with E-state index in [4.69, 9.17) is 10.2 Å². The number of rotatable bonds is 2. The van der Waals surface area contributed by atoms with Crippen molar-refractivity contribution in [2.24, 2.45) is 0 Å². The fourth-order valence-corrected chi connectivity index (χ4v) is 1.97. The van der Waals surface area contributed by atoms with Crippen LogP contribution in [-0.2, 0) is 10.8 Å². The van der Waals surface area contributed by atoms with Crippen LogP contribution < -0.4 is 5.73 Å². The minimum Gasteiger partial charge on any atom is -0.430 e. The smallest absolute Gasteiger partial charge is 0.288 e. The minimum absolute atomic E-state index is 0.00425. The number of anilines is 1. The summed E-state index contributed by atoms with van der Waals surface area (Å²) in [5.41, 5.74) is 7.49. The Morgan fingerprint density at radius 3 is 2.87 bits per heavy atom. The first-order valence-electron chi connectivity index (χ1n) is 4.64. The van der Waals surface area contributed by atoms with Gasteiger partial charge in [-0.2, -0.15) is 0 Å². The molecule has 0 aliphatic heterocycles. The number of oxazole rings is 1. The van der Waals surface area contributed by atoms with Crippen molar-refractivity contribution in [3.8, 4) is 0 Å². The van der Waals surface area contributed by atoms with Crippen LogP contribution in [0, 0.1) is 0 Å². The molecule has 80 valence electrons. The predicted molar refractivity (Wildman–Crippen MR) is 60.0 cm³/mol. The molecule has 0 bridgehead atoms. The fraction of sp³-hybridized carbons (Fsp3) is 0.300. The van der Waals surface area contributed by atoms with Gasteiger partial charge in [-0.15, -0.1) is 0 Å². The van der Waals surface area contributed by atoms with Crippen LogP contribution in [0.1, 0.15) is 13.8 Å². The molecule has 0 aliphatic carbocycles. The Bertz CT molecular complexity index is 519. The van der Waals surface area contributed by atoms with E-state index in [0.717, 1.165) is 0 Å². The molecule has 1 aromatic heterocycles. The van der Waals surface area contributed by atoms with Gasteiger partial charge in [-0.25, -0.2) is 9.19 Å². The van der Waals surface area contributed by atoms with Gasteiger partial charge in [-0.1, -0.05) is 13.8 Å². The van der Waals surface area contributed by atoms with Gasteiger partial charge in [0.1, 0.15) is 16.3 Å². The SMILES string of the molecule is CC(C)S(=O)c1nc2ccc(N)cc2o1. The van der Waals surface area contributed by atoms with Gasteiger partial charge in [0.15, 0.2) is 5.58 Å². The van der Waals surface area contributed by atoms with Gasteiger partial charge in [-0.3, -0.25) is 0 Å². The molecular formula is C10H12N2O2S. The summed E-state index contributed by atoms with van der Waals surface area (Å²) in [7, 11) is -1.19. The van der Waals surface area contributed by atoms with Gasteiger partial charge in [0.05, 0.1) is 0 Å². The van der Waals surface area contributed by atoms with Crippen molar-refractivity contribution in [2.75, 3.05) is 5.73 Å². The van der Waals surface area contributed by atoms with E-state index in [-0.39, 0.29) is 10.5 Å². The second-order valence-electron chi connectivity index (χ2n) is 3.55. The van der Waals surface area contributed by atoms with Gasteiger partial charge >= 0.3 is 0 Å². The van der Waals surface area contributed by atoms with Crippen LogP contribution in [0.3, 0.4) is 0 Å². The standard InChI is InChI=1S/C10H12N2O2S/c1-6(2)15(13)10-12-8-4-3-7(11)5-9(8)14-10/h3-6H,11H2,1-2H3. The minimum atomic E-state index is -1.19. The molecular weight excluding hydrogens is 212 g/mol. The number of hydrogen-bond donors (Lipinski definition) is 1. The highest BCUT2D eigenvalue weighted by Crippen LogP contribution is 2.21. The lowest BCUT2D eigenvalue weighted by atomic mass is 10.3. The number of fused-ring (bicyclic) bond motifs is 1. The van der Waals surface area contributed by atoms with Crippen LogP contribution in [-0.4, -0.2) is 14.4 Å². The molecule has 1 aromatic carbocycles. The van der Waals surface area contributed by atoms with Gasteiger partial charge in [0, 0.05) is 17.0 Å². The Morgan fingerprint density at radius 1 is 1.47 bits per heavy atom. The summed E-state index contributed by atoms with van der Waals surface area (Å²) in [4.78, 5) is 4.15. The molecule has 5 heteroatoms. The van der Waals surface area contributed by atoms with Crippen molar-refractivity contribution in [2.45, 2.75) is 24.3 Å². The molecule has 0 radical (unpaired) electrons. The molecule has 0 fully saturated rings. The fourth-order valence-electron chi connectivity index (χ4n) is 1.21. The van der Waals surface area contributed by atoms with Crippen molar-refractivity contribution in [3.05, 3.63) is 18.2 Å². The van der Waals surface area contributed by atoms with Gasteiger partial charge < -0.3 is 10.2 Å². The van der Waals surface area contributed by atoms with Crippen molar-refractivity contribution in [3.63, 3.8) is 0 Å². The normalized spacial score (nSPS) is 13.5. The van der Waals surface area contributed by atoms with Gasteiger partial charge in [0.25, 0.3) is 5.22 Å². The maximum atomic E-state index is 11.7. The predicted octanol–water partition coefficient (Wildman–Crippen LogP) is 1.93. The van der Waals surface area contributed by atoms with Crippen LogP contribution in [0.15, 0.2) is 27.8 Å². The molecule has 2 aromatic rings. The third-order valence-corrected chi connectivity index (χ3v) is 3.37. The lowest BCUT2D eigenvalue weighted by molar-refractivity contribution is 0.476. The average molecular weight is 224 g/mol. The number of nitrogen functional groups attached to an aromatic ring is 1. The zero-order chi connectivity index (χ0) is 11.0. The number of aromatic nitrogens is 1. The highest BCUT2D eigenvalue weighted by molar-refractivity contribution is 7.85. The van der Waals surface area contributed by atoms with E-state index in [1.807, 2.05) is 13.8 Å². The molecule has 0 saturated carbocycles. The van der Waals surface area contributed by atoms with E-state index in [1.165, 1.54) is 0 Å². The Kier molecular flexibility index (Phi) is 2.48. The third-order valence-electron chi connectivity index (χ3n) is 1.99. The van der Waals surface area contributed by atoms with Crippen LogP contribution in [0.4, 0.5) is 5.69 Å². The lowest BCUT2D eigenvalue weighted by Crippen LogP contribution is -2.05. The van der Waals surface area contributed by atoms with Crippen molar-refractivity contribution in [1.82, 2.24) is 4.98 Å². The zero-order valence-electron chi connectivity index (χ0n) is 8.56. The van der Waals surface area contributed by atoms with Crippen molar-refractivity contribution < 1.29 is 8.63 Å². The zero-order valence-corrected chi connectivity index (χ0v) is 9.38. The number of hydrogen-bond acceptors (Lipinski definition) is 4. The summed E-state index contributed by atoms with van der Waals surface area (Å²) in [6.45, 7) is 3.72. The highest BCUT2D eigenvalue weighted by Gasteiger charge is 2.15. The van der Waals surface area contributed by atoms with Crippen molar-refractivity contribution in [1.29, 1.82) is 0 Å². The van der Waals surface area contributed by atoms with E-state index >= 15 is 0 Å². The number of benzene rings is 1. The molecule has 1 atom stereocenters. The maximum Gasteiger partial charge on any atom is 0.288 e. The summed E-state index contributed by atoms with van der Waals surface area (Å²) in [6, 6.07) is 5.19. The third kappa shape index (κ3) is 1.87. The molecule has 0 aliphatic rings. The molecule has 15 heavy (non-hydrogen) atoms. The summed E-state index contributed by atoms with van der Waals surface area (Å²) < 4.78 is 17.1. The quantitative estimate of drug-likeness (QED) is 0.791. The second-order valence-corrected chi connectivity index (χ2v) is 5.44. The first-order valence-corrected chi connectivity index (χ1v) is 5.86. The molecule has 2 rings (SSSR count). The topological polar surface area (TPSA) is 69.1 Å². The molecule has 1 unspecified atom stereocenters. The molecule has 2 N–H and O–H groups in total. The van der Waals surface area contributed by atoms with Gasteiger partial charge in [0.2, 0.25) is 0 Å². The first kappa shape index (κ1) is 10.2. The molecule has 1 heterocycles. The Labute approximate surface area is 89.9 Å². The van der Waals surface area contributed by atoms with Gasteiger partial charge in [-0.05, 0) is 12.1 Å². The van der Waals surface area contributed by atoms with E-state index in [0.29, 0.717) is 16.8 Å². The van der Waals surface area contributed by atoms with E-state index in [2.05, 4.69) is 4.98 Å². The van der Waals surface area contributed by atoms with Crippen LogP contribution >= 0.6 is 0 Å². The maximum absolute atomic E-state index is 11.7. The highest BCUT2D eigenvalue weighted by atomic mass is 32.2.